The molecule has 7 heteroatoms. The van der Waals surface area contributed by atoms with Gasteiger partial charge in [0, 0.05) is 53.7 Å². The van der Waals surface area contributed by atoms with Gasteiger partial charge in [0.15, 0.2) is 17.5 Å². The molecule has 53 heavy (non-hydrogen) atoms. The number of thiophene rings is 1. The highest BCUT2D eigenvalue weighted by atomic mass is 32.1. The zero-order chi connectivity index (χ0) is 34.9. The van der Waals surface area contributed by atoms with Gasteiger partial charge in [-0.25, -0.2) is 19.9 Å². The number of hydrogen-bond acceptors (Lipinski definition) is 6. The molecule has 4 heterocycles. The van der Waals surface area contributed by atoms with Crippen LogP contribution in [-0.4, -0.2) is 24.5 Å². The lowest BCUT2D eigenvalue weighted by molar-refractivity contribution is 1.05. The van der Waals surface area contributed by atoms with E-state index in [9.17, 15) is 0 Å². The summed E-state index contributed by atoms with van der Waals surface area (Å²) in [5, 5.41) is 2.45. The van der Waals surface area contributed by atoms with Crippen LogP contribution >= 0.6 is 11.3 Å². The van der Waals surface area contributed by atoms with Crippen molar-refractivity contribution in [2.45, 2.75) is 0 Å². The molecule has 1 aliphatic heterocycles. The molecule has 7 aromatic carbocycles. The molecule has 0 fully saturated rings. The van der Waals surface area contributed by atoms with Gasteiger partial charge >= 0.3 is 0 Å². The van der Waals surface area contributed by atoms with E-state index in [2.05, 4.69) is 155 Å². The largest absolute Gasteiger partial charge is 0.280 e. The van der Waals surface area contributed by atoms with Crippen molar-refractivity contribution in [2.24, 2.45) is 0 Å². The molecular formula is C46H28N6S. The number of rotatable bonds is 4. The monoisotopic (exact) mass is 696 g/mol. The Bertz CT molecular complexity index is 3040. The van der Waals surface area contributed by atoms with E-state index in [4.69, 9.17) is 19.9 Å². The highest BCUT2D eigenvalue weighted by Gasteiger charge is 2.29. The molecule has 0 saturated carbocycles. The summed E-state index contributed by atoms with van der Waals surface area (Å²) in [7, 11) is 0. The zero-order valence-corrected chi connectivity index (χ0v) is 29.1. The Labute approximate surface area is 309 Å². The van der Waals surface area contributed by atoms with Gasteiger partial charge in [-0.05, 0) is 48.5 Å². The maximum Gasteiger partial charge on any atom is 0.220 e. The lowest BCUT2D eigenvalue weighted by Gasteiger charge is -2.25. The first kappa shape index (κ1) is 29.7. The highest BCUT2D eigenvalue weighted by molar-refractivity contribution is 7.26. The summed E-state index contributed by atoms with van der Waals surface area (Å²) < 4.78 is 4.68. The zero-order valence-electron chi connectivity index (χ0n) is 28.3. The minimum atomic E-state index is 0.605. The summed E-state index contributed by atoms with van der Waals surface area (Å²) >= 11 is 1.78. The first-order valence-electron chi connectivity index (χ1n) is 17.6. The van der Waals surface area contributed by atoms with E-state index in [1.807, 2.05) is 24.3 Å². The first-order valence-corrected chi connectivity index (χ1v) is 18.4. The van der Waals surface area contributed by atoms with Gasteiger partial charge in [0.25, 0.3) is 0 Å². The molecule has 0 aliphatic carbocycles. The molecular weight excluding hydrogens is 669 g/mol. The van der Waals surface area contributed by atoms with Gasteiger partial charge in [-0.3, -0.25) is 9.47 Å². The molecule has 0 saturated heterocycles. The Balaban J connectivity index is 1.14. The third kappa shape index (κ3) is 4.71. The van der Waals surface area contributed by atoms with Gasteiger partial charge in [-0.15, -0.1) is 11.3 Å². The molecule has 1 aliphatic rings. The quantitative estimate of drug-likeness (QED) is 0.183. The molecule has 248 valence electrons. The van der Waals surface area contributed by atoms with Crippen LogP contribution in [0, 0.1) is 0 Å². The average molecular weight is 697 g/mol. The first-order chi connectivity index (χ1) is 26.3. The fourth-order valence-electron chi connectivity index (χ4n) is 7.60. The number of aromatic nitrogens is 5. The average Bonchev–Trinajstić information content (AvgIpc) is 3.77. The Morgan fingerprint density at radius 2 is 1.06 bits per heavy atom. The number of imidazole rings is 1. The minimum absolute atomic E-state index is 0.605. The van der Waals surface area contributed by atoms with Crippen molar-refractivity contribution in [1.82, 2.24) is 24.5 Å². The molecule has 0 bridgehead atoms. The molecule has 6 nitrogen and oxygen atoms in total. The predicted molar refractivity (Wildman–Crippen MR) is 217 cm³/mol. The molecule has 0 unspecified atom stereocenters. The van der Waals surface area contributed by atoms with Crippen molar-refractivity contribution in [3.05, 3.63) is 170 Å². The second-order valence-corrected chi connectivity index (χ2v) is 14.2. The molecule has 11 rings (SSSR count). The summed E-state index contributed by atoms with van der Waals surface area (Å²) in [5.74, 6) is 2.70. The van der Waals surface area contributed by atoms with Crippen LogP contribution in [0.4, 0.5) is 17.3 Å². The molecule has 0 N–H and O–H groups in total. The van der Waals surface area contributed by atoms with Crippen molar-refractivity contribution in [3.8, 4) is 51.0 Å². The second kappa shape index (κ2) is 11.8. The highest BCUT2D eigenvalue weighted by Crippen LogP contribution is 2.48. The van der Waals surface area contributed by atoms with Crippen LogP contribution in [0.3, 0.4) is 0 Å². The fraction of sp³-hybridized carbons (Fsp3) is 0. The second-order valence-electron chi connectivity index (χ2n) is 13.1. The smallest absolute Gasteiger partial charge is 0.220 e. The van der Waals surface area contributed by atoms with Gasteiger partial charge in [-0.1, -0.05) is 121 Å². The molecule has 0 amide bonds. The number of para-hydroxylation sites is 4. The minimum Gasteiger partial charge on any atom is -0.280 e. The number of benzene rings is 7. The molecule has 0 spiro atoms. The maximum atomic E-state index is 5.27. The van der Waals surface area contributed by atoms with Crippen LogP contribution in [0.5, 0.6) is 0 Å². The number of anilines is 3. The summed E-state index contributed by atoms with van der Waals surface area (Å²) in [6, 6.07) is 59.1. The maximum absolute atomic E-state index is 5.27. The van der Waals surface area contributed by atoms with Gasteiger partial charge in [-0.2, -0.15) is 0 Å². The van der Waals surface area contributed by atoms with Gasteiger partial charge in [0.1, 0.15) is 0 Å². The van der Waals surface area contributed by atoms with Gasteiger partial charge in [0.05, 0.1) is 22.4 Å². The summed E-state index contributed by atoms with van der Waals surface area (Å²) in [4.78, 5) is 23.0. The van der Waals surface area contributed by atoms with Crippen LogP contribution in [-0.2, 0) is 0 Å². The van der Waals surface area contributed by atoms with E-state index in [-0.39, 0.29) is 0 Å². The third-order valence-corrected chi connectivity index (χ3v) is 11.2. The Kier molecular flexibility index (Phi) is 6.62. The van der Waals surface area contributed by atoms with E-state index in [1.54, 1.807) is 11.3 Å². The van der Waals surface area contributed by atoms with Crippen molar-refractivity contribution >= 4 is 59.9 Å². The SMILES string of the molecule is c1ccc(-c2nc(-c3cccc(N4c5ccccc5-c5ccccc5-n5c4nc4ccccc45)c3)nc(-c3cccc4c3sc3ccccc34)n2)cc1. The summed E-state index contributed by atoms with van der Waals surface area (Å²) in [6.07, 6.45) is 0. The predicted octanol–water partition coefficient (Wildman–Crippen LogP) is 12.0. The topological polar surface area (TPSA) is 59.7 Å². The number of hydrogen-bond donors (Lipinski definition) is 0. The summed E-state index contributed by atoms with van der Waals surface area (Å²) in [5.41, 5.74) is 10.2. The molecule has 10 aromatic rings. The van der Waals surface area contributed by atoms with Crippen LogP contribution in [0.25, 0.3) is 82.2 Å². The van der Waals surface area contributed by atoms with Crippen molar-refractivity contribution in [1.29, 1.82) is 0 Å². The van der Waals surface area contributed by atoms with Crippen molar-refractivity contribution < 1.29 is 0 Å². The van der Waals surface area contributed by atoms with Gasteiger partial charge in [0.2, 0.25) is 5.95 Å². The van der Waals surface area contributed by atoms with E-state index < -0.39 is 0 Å². The van der Waals surface area contributed by atoms with Crippen LogP contribution in [0.15, 0.2) is 170 Å². The summed E-state index contributed by atoms with van der Waals surface area (Å²) in [6.45, 7) is 0. The molecule has 3 aromatic heterocycles. The number of nitrogens with zero attached hydrogens (tertiary/aromatic N) is 6. The Morgan fingerprint density at radius 1 is 0.434 bits per heavy atom. The van der Waals surface area contributed by atoms with E-state index in [0.717, 1.165) is 61.9 Å². The van der Waals surface area contributed by atoms with E-state index >= 15 is 0 Å². The fourth-order valence-corrected chi connectivity index (χ4v) is 8.82. The molecule has 0 atom stereocenters. The van der Waals surface area contributed by atoms with E-state index in [0.29, 0.717) is 17.5 Å². The standard InChI is InChI=1S/C46H28N6S/c1-2-14-29(15-3-1)43-48-44(50-45(49-43)36-22-13-21-35-34-20-6-11-27-41(34)53-42(35)36)30-16-12-17-31(28-30)51-38-24-8-4-18-32(38)33-19-5-9-25-39(33)52-40-26-10-7-23-37(40)47-46(51)52/h1-28H. The van der Waals surface area contributed by atoms with Crippen molar-refractivity contribution in [2.75, 3.05) is 4.90 Å². The van der Waals surface area contributed by atoms with Crippen LogP contribution < -0.4 is 4.90 Å². The Morgan fingerprint density at radius 3 is 1.94 bits per heavy atom. The van der Waals surface area contributed by atoms with Gasteiger partial charge < -0.3 is 0 Å². The third-order valence-electron chi connectivity index (χ3n) is 10.00. The van der Waals surface area contributed by atoms with Crippen molar-refractivity contribution in [3.63, 3.8) is 0 Å². The number of fused-ring (bicyclic) bond motifs is 10. The Hall–Kier alpha value is -6.96. The van der Waals surface area contributed by atoms with Crippen LogP contribution in [0.2, 0.25) is 0 Å². The van der Waals surface area contributed by atoms with Crippen LogP contribution in [0.1, 0.15) is 0 Å². The van der Waals surface area contributed by atoms with E-state index in [1.165, 1.54) is 20.2 Å². The lowest BCUT2D eigenvalue weighted by Crippen LogP contribution is -2.14. The molecule has 0 radical (unpaired) electrons. The lowest BCUT2D eigenvalue weighted by atomic mass is 10.0. The normalized spacial score (nSPS) is 12.1.